The zero-order chi connectivity index (χ0) is 20.4. The lowest BCUT2D eigenvalue weighted by atomic mass is 9.99. The number of nitrogens with one attached hydrogen (secondary N) is 1. The summed E-state index contributed by atoms with van der Waals surface area (Å²) in [5.74, 6) is 1.96. The highest BCUT2D eigenvalue weighted by Gasteiger charge is 2.32. The van der Waals surface area contributed by atoms with E-state index in [4.69, 9.17) is 9.97 Å². The fourth-order valence-corrected chi connectivity index (χ4v) is 4.79. The van der Waals surface area contributed by atoms with Gasteiger partial charge in [0.1, 0.15) is 11.6 Å². The highest BCUT2D eigenvalue weighted by atomic mass is 16.2. The summed E-state index contributed by atoms with van der Waals surface area (Å²) in [6.45, 7) is 5.97. The Balaban J connectivity index is 1.58. The molecule has 8 heteroatoms. The van der Waals surface area contributed by atoms with E-state index in [1.54, 1.807) is 6.92 Å². The Kier molecular flexibility index (Phi) is 5.99. The molecule has 2 amide bonds. The maximum absolute atomic E-state index is 12.8. The number of anilines is 1. The maximum atomic E-state index is 12.8. The van der Waals surface area contributed by atoms with E-state index < -0.39 is 0 Å². The summed E-state index contributed by atoms with van der Waals surface area (Å²) >= 11 is 0. The van der Waals surface area contributed by atoms with Crippen LogP contribution in [0.4, 0.5) is 5.82 Å². The lowest BCUT2D eigenvalue weighted by Crippen LogP contribution is -2.43. The van der Waals surface area contributed by atoms with Gasteiger partial charge in [0.2, 0.25) is 11.8 Å². The molecule has 3 aliphatic rings. The Labute approximate surface area is 172 Å². The third-order valence-electron chi connectivity index (χ3n) is 6.47. The molecule has 1 aromatic rings. The largest absolute Gasteiger partial charge is 0.373 e. The molecule has 1 aromatic heterocycles. The molecule has 3 aliphatic heterocycles. The van der Waals surface area contributed by atoms with E-state index >= 15 is 0 Å². The summed E-state index contributed by atoms with van der Waals surface area (Å²) < 4.78 is 0. The second-order valence-corrected chi connectivity index (χ2v) is 8.37. The van der Waals surface area contributed by atoms with Gasteiger partial charge in [0.15, 0.2) is 0 Å². The summed E-state index contributed by atoms with van der Waals surface area (Å²) in [4.78, 5) is 40.5. The van der Waals surface area contributed by atoms with Gasteiger partial charge in [0.25, 0.3) is 0 Å². The Morgan fingerprint density at radius 3 is 2.52 bits per heavy atom. The van der Waals surface area contributed by atoms with E-state index in [9.17, 15) is 9.59 Å². The standard InChI is InChI=1S/C21H32N6O2/c1-15(28)26-12-8-16-17(13-26)23-21(24-20(16)22-2)18-7-3-4-11-27(18)14-19(29)25-9-5-6-10-25/h18H,3-14H2,1-2H3,(H,22,23,24)/t18-/m0/s1. The number of amides is 2. The molecule has 0 spiro atoms. The first-order valence-electron chi connectivity index (χ1n) is 10.9. The van der Waals surface area contributed by atoms with Gasteiger partial charge in [-0.15, -0.1) is 0 Å². The Morgan fingerprint density at radius 2 is 1.79 bits per heavy atom. The van der Waals surface area contributed by atoms with Gasteiger partial charge in [-0.05, 0) is 38.6 Å². The number of hydrogen-bond acceptors (Lipinski definition) is 6. The first-order valence-corrected chi connectivity index (χ1v) is 10.9. The van der Waals surface area contributed by atoms with Crippen LogP contribution in [0.1, 0.15) is 62.2 Å². The van der Waals surface area contributed by atoms with Crippen LogP contribution in [0, 0.1) is 0 Å². The van der Waals surface area contributed by atoms with Crippen LogP contribution in [0.3, 0.4) is 0 Å². The lowest BCUT2D eigenvalue weighted by Gasteiger charge is -2.36. The molecule has 2 saturated heterocycles. The van der Waals surface area contributed by atoms with E-state index in [0.29, 0.717) is 19.6 Å². The molecule has 158 valence electrons. The molecule has 0 aromatic carbocycles. The molecule has 0 radical (unpaired) electrons. The second kappa shape index (κ2) is 8.65. The minimum atomic E-state index is 0.0559. The zero-order valence-corrected chi connectivity index (χ0v) is 17.6. The average Bonchev–Trinajstić information content (AvgIpc) is 3.28. The molecule has 2 fully saturated rings. The number of aromatic nitrogens is 2. The van der Waals surface area contributed by atoms with Crippen LogP contribution in [0.2, 0.25) is 0 Å². The van der Waals surface area contributed by atoms with Crippen LogP contribution in [0.25, 0.3) is 0 Å². The van der Waals surface area contributed by atoms with E-state index in [1.165, 1.54) is 0 Å². The van der Waals surface area contributed by atoms with Crippen LogP contribution >= 0.6 is 0 Å². The molecule has 29 heavy (non-hydrogen) atoms. The van der Waals surface area contributed by atoms with Gasteiger partial charge in [0, 0.05) is 39.2 Å². The normalized spacial score (nSPS) is 22.5. The van der Waals surface area contributed by atoms with E-state index in [1.807, 2.05) is 16.8 Å². The molecule has 0 unspecified atom stereocenters. The Bertz CT molecular complexity index is 777. The van der Waals surface area contributed by atoms with Gasteiger partial charge in [0.05, 0.1) is 24.8 Å². The van der Waals surface area contributed by atoms with Gasteiger partial charge >= 0.3 is 0 Å². The minimum Gasteiger partial charge on any atom is -0.373 e. The minimum absolute atomic E-state index is 0.0559. The molecular weight excluding hydrogens is 368 g/mol. The van der Waals surface area contributed by atoms with Crippen molar-refractivity contribution in [3.05, 3.63) is 17.1 Å². The van der Waals surface area contributed by atoms with Crippen molar-refractivity contribution in [3.8, 4) is 0 Å². The van der Waals surface area contributed by atoms with Gasteiger partial charge < -0.3 is 15.1 Å². The average molecular weight is 401 g/mol. The van der Waals surface area contributed by atoms with Crippen LogP contribution in [0.5, 0.6) is 0 Å². The lowest BCUT2D eigenvalue weighted by molar-refractivity contribution is -0.132. The smallest absolute Gasteiger partial charge is 0.236 e. The first kappa shape index (κ1) is 20.1. The van der Waals surface area contributed by atoms with Crippen molar-refractivity contribution < 1.29 is 9.59 Å². The van der Waals surface area contributed by atoms with Crippen LogP contribution in [0.15, 0.2) is 0 Å². The molecular formula is C21H32N6O2. The predicted octanol–water partition coefficient (Wildman–Crippen LogP) is 1.57. The van der Waals surface area contributed by atoms with Gasteiger partial charge in [-0.2, -0.15) is 0 Å². The number of fused-ring (bicyclic) bond motifs is 1. The van der Waals surface area contributed by atoms with Gasteiger partial charge in [-0.1, -0.05) is 6.42 Å². The van der Waals surface area contributed by atoms with Crippen molar-refractivity contribution in [2.75, 3.05) is 45.1 Å². The molecule has 0 bridgehead atoms. The van der Waals surface area contributed by atoms with E-state index in [2.05, 4.69) is 10.2 Å². The highest BCUT2D eigenvalue weighted by molar-refractivity contribution is 5.78. The fraction of sp³-hybridized carbons (Fsp3) is 0.714. The zero-order valence-electron chi connectivity index (χ0n) is 17.6. The van der Waals surface area contributed by atoms with Gasteiger partial charge in [-0.3, -0.25) is 14.5 Å². The number of rotatable bonds is 4. The molecule has 1 N–H and O–H groups in total. The predicted molar refractivity (Wildman–Crippen MR) is 110 cm³/mol. The first-order chi connectivity index (χ1) is 14.1. The number of carbonyl (C=O) groups is 2. The number of piperidine rings is 1. The topological polar surface area (TPSA) is 81.7 Å². The third-order valence-corrected chi connectivity index (χ3v) is 6.47. The maximum Gasteiger partial charge on any atom is 0.236 e. The van der Waals surface area contributed by atoms with E-state index in [0.717, 1.165) is 81.1 Å². The van der Waals surface area contributed by atoms with E-state index in [-0.39, 0.29) is 17.9 Å². The van der Waals surface area contributed by atoms with Crippen LogP contribution in [-0.4, -0.2) is 76.3 Å². The number of likely N-dealkylation sites (tertiary alicyclic amines) is 2. The Hall–Kier alpha value is -2.22. The van der Waals surface area contributed by atoms with Crippen molar-refractivity contribution in [2.24, 2.45) is 0 Å². The Morgan fingerprint density at radius 1 is 1.03 bits per heavy atom. The van der Waals surface area contributed by atoms with Crippen molar-refractivity contribution in [3.63, 3.8) is 0 Å². The van der Waals surface area contributed by atoms with Crippen molar-refractivity contribution >= 4 is 17.6 Å². The number of nitrogens with zero attached hydrogens (tertiary/aromatic N) is 5. The summed E-state index contributed by atoms with van der Waals surface area (Å²) in [6, 6.07) is 0.0559. The fourth-order valence-electron chi connectivity index (χ4n) is 4.79. The highest BCUT2D eigenvalue weighted by Crippen LogP contribution is 2.32. The monoisotopic (exact) mass is 400 g/mol. The van der Waals surface area contributed by atoms with Crippen molar-refractivity contribution in [1.29, 1.82) is 0 Å². The van der Waals surface area contributed by atoms with Crippen molar-refractivity contribution in [1.82, 2.24) is 24.7 Å². The number of hydrogen-bond donors (Lipinski definition) is 1. The summed E-state index contributed by atoms with van der Waals surface area (Å²) in [7, 11) is 1.89. The summed E-state index contributed by atoms with van der Waals surface area (Å²) in [6.07, 6.45) is 6.18. The third kappa shape index (κ3) is 4.22. The summed E-state index contributed by atoms with van der Waals surface area (Å²) in [5, 5.41) is 3.23. The van der Waals surface area contributed by atoms with Crippen molar-refractivity contribution in [2.45, 2.75) is 58.0 Å². The molecule has 0 saturated carbocycles. The molecule has 8 nitrogen and oxygen atoms in total. The van der Waals surface area contributed by atoms with Crippen LogP contribution in [-0.2, 0) is 22.6 Å². The van der Waals surface area contributed by atoms with Crippen LogP contribution < -0.4 is 5.32 Å². The van der Waals surface area contributed by atoms with Gasteiger partial charge in [-0.25, -0.2) is 9.97 Å². The molecule has 0 aliphatic carbocycles. The molecule has 4 rings (SSSR count). The number of carbonyl (C=O) groups excluding carboxylic acids is 2. The SMILES string of the molecule is CNc1nc([C@@H]2CCCCN2CC(=O)N2CCCC2)nc2c1CCN(C(C)=O)C2. The summed E-state index contributed by atoms with van der Waals surface area (Å²) in [5.41, 5.74) is 2.06. The molecule has 1 atom stereocenters. The molecule has 4 heterocycles. The second-order valence-electron chi connectivity index (χ2n) is 8.37. The quantitative estimate of drug-likeness (QED) is 0.826.